The van der Waals surface area contributed by atoms with Crippen molar-refractivity contribution in [1.82, 2.24) is 4.90 Å². The Morgan fingerprint density at radius 1 is 1.67 bits per heavy atom. The van der Waals surface area contributed by atoms with Crippen molar-refractivity contribution in [3.05, 3.63) is 0 Å². The zero-order chi connectivity index (χ0) is 9.14. The Morgan fingerprint density at radius 2 is 2.33 bits per heavy atom. The summed E-state index contributed by atoms with van der Waals surface area (Å²) in [4.78, 5) is 12.4. The predicted octanol–water partition coefficient (Wildman–Crippen LogP) is 0.0266. The number of nitrogens with two attached hydrogens (primary N) is 1. The van der Waals surface area contributed by atoms with Crippen molar-refractivity contribution in [1.29, 1.82) is 0 Å². The van der Waals surface area contributed by atoms with Crippen molar-refractivity contribution in [2.24, 2.45) is 11.7 Å². The van der Waals surface area contributed by atoms with E-state index in [4.69, 9.17) is 23.1 Å². The van der Waals surface area contributed by atoms with Gasteiger partial charge in [-0.2, -0.15) is 0 Å². The van der Waals surface area contributed by atoms with Crippen LogP contribution in [0.2, 0.25) is 0 Å². The number of piperidine rings is 1. The van der Waals surface area contributed by atoms with E-state index in [0.717, 1.165) is 19.4 Å². The highest BCUT2D eigenvalue weighted by Gasteiger charge is 2.25. The van der Waals surface area contributed by atoms with Crippen molar-refractivity contribution >= 4 is 23.3 Å². The molecule has 1 atom stereocenters. The van der Waals surface area contributed by atoms with Crippen molar-refractivity contribution in [2.75, 3.05) is 13.1 Å². The highest BCUT2D eigenvalue weighted by molar-refractivity contribution is 7.80. The van der Waals surface area contributed by atoms with Gasteiger partial charge in [0, 0.05) is 13.1 Å². The van der Waals surface area contributed by atoms with E-state index in [9.17, 15) is 4.79 Å². The maximum Gasteiger partial charge on any atom is 0.308 e. The van der Waals surface area contributed by atoms with E-state index in [1.165, 1.54) is 0 Å². The number of rotatable bonds is 1. The van der Waals surface area contributed by atoms with Gasteiger partial charge in [-0.3, -0.25) is 4.79 Å². The van der Waals surface area contributed by atoms with Gasteiger partial charge in [-0.1, -0.05) is 0 Å². The lowest BCUT2D eigenvalue weighted by Gasteiger charge is -2.30. The fourth-order valence-corrected chi connectivity index (χ4v) is 1.54. The molecule has 0 aromatic rings. The molecule has 0 aliphatic carbocycles. The molecule has 0 saturated carbocycles. The third-order valence-corrected chi connectivity index (χ3v) is 2.34. The average molecular weight is 188 g/mol. The van der Waals surface area contributed by atoms with Crippen LogP contribution in [-0.2, 0) is 4.79 Å². The van der Waals surface area contributed by atoms with Gasteiger partial charge in [0.2, 0.25) is 0 Å². The van der Waals surface area contributed by atoms with E-state index in [0.29, 0.717) is 11.7 Å². The normalized spacial score (nSPS) is 23.7. The van der Waals surface area contributed by atoms with Gasteiger partial charge < -0.3 is 15.7 Å². The first kappa shape index (κ1) is 9.25. The molecule has 1 aliphatic heterocycles. The summed E-state index contributed by atoms with van der Waals surface area (Å²) in [5.74, 6) is -1.06. The molecule has 0 amide bonds. The number of hydrogen-bond acceptors (Lipinski definition) is 2. The molecule has 1 heterocycles. The third-order valence-electron chi connectivity index (χ3n) is 2.08. The number of carboxylic acids is 1. The van der Waals surface area contributed by atoms with Crippen LogP contribution in [0.5, 0.6) is 0 Å². The largest absolute Gasteiger partial charge is 0.481 e. The van der Waals surface area contributed by atoms with Crippen molar-refractivity contribution in [3.8, 4) is 0 Å². The fraction of sp³-hybridized carbons (Fsp3) is 0.714. The number of hydrogen-bond donors (Lipinski definition) is 2. The van der Waals surface area contributed by atoms with Gasteiger partial charge in [0.1, 0.15) is 0 Å². The summed E-state index contributed by atoms with van der Waals surface area (Å²) in [5, 5.41) is 9.03. The lowest BCUT2D eigenvalue weighted by Crippen LogP contribution is -2.44. The Bertz CT molecular complexity index is 188. The molecule has 4 nitrogen and oxygen atoms in total. The quantitative estimate of drug-likeness (QED) is 0.568. The molecule has 12 heavy (non-hydrogen) atoms. The maximum absolute atomic E-state index is 10.6. The van der Waals surface area contributed by atoms with Crippen molar-refractivity contribution < 1.29 is 9.90 Å². The fourth-order valence-electron chi connectivity index (χ4n) is 1.38. The lowest BCUT2D eigenvalue weighted by atomic mass is 9.99. The summed E-state index contributed by atoms with van der Waals surface area (Å²) in [5.41, 5.74) is 5.39. The molecule has 68 valence electrons. The van der Waals surface area contributed by atoms with Gasteiger partial charge in [-0.05, 0) is 25.1 Å². The minimum atomic E-state index is -0.754. The van der Waals surface area contributed by atoms with E-state index in [-0.39, 0.29) is 5.92 Å². The number of likely N-dealkylation sites (tertiary alicyclic amines) is 1. The molecule has 1 aliphatic rings. The Labute approximate surface area is 76.3 Å². The molecule has 1 rings (SSSR count). The van der Waals surface area contributed by atoms with Crippen LogP contribution in [0.3, 0.4) is 0 Å². The standard InChI is InChI=1S/C7H12N2O2S/c8-7(12)9-3-1-2-5(4-9)6(10)11/h5H,1-4H2,(H2,8,12)(H,10,11). The van der Waals surface area contributed by atoms with E-state index < -0.39 is 5.97 Å². The van der Waals surface area contributed by atoms with Gasteiger partial charge in [-0.15, -0.1) is 0 Å². The number of carboxylic acid groups (broad SMARTS) is 1. The molecular weight excluding hydrogens is 176 g/mol. The summed E-state index contributed by atoms with van der Waals surface area (Å²) in [6.45, 7) is 1.25. The topological polar surface area (TPSA) is 66.6 Å². The molecule has 3 N–H and O–H groups in total. The second-order valence-corrected chi connectivity index (χ2v) is 3.38. The molecule has 0 aromatic carbocycles. The Hall–Kier alpha value is -0.840. The molecule has 1 fully saturated rings. The monoisotopic (exact) mass is 188 g/mol. The molecule has 0 aromatic heterocycles. The van der Waals surface area contributed by atoms with Crippen molar-refractivity contribution in [2.45, 2.75) is 12.8 Å². The zero-order valence-electron chi connectivity index (χ0n) is 6.69. The molecule has 1 saturated heterocycles. The number of nitrogens with zero attached hydrogens (tertiary/aromatic N) is 1. The number of aliphatic carboxylic acids is 1. The van der Waals surface area contributed by atoms with Crippen LogP contribution in [0.25, 0.3) is 0 Å². The maximum atomic E-state index is 10.6. The molecule has 0 radical (unpaired) electrons. The van der Waals surface area contributed by atoms with Gasteiger partial charge in [-0.25, -0.2) is 0 Å². The summed E-state index contributed by atoms with van der Waals surface area (Å²) >= 11 is 4.77. The first-order valence-corrected chi connectivity index (χ1v) is 4.29. The van der Waals surface area contributed by atoms with Gasteiger partial charge in [0.15, 0.2) is 5.11 Å². The minimum absolute atomic E-state index is 0.305. The van der Waals surface area contributed by atoms with E-state index >= 15 is 0 Å². The average Bonchev–Trinajstić information content (AvgIpc) is 2.04. The molecule has 0 bridgehead atoms. The second kappa shape index (κ2) is 3.71. The second-order valence-electron chi connectivity index (χ2n) is 2.96. The first-order valence-electron chi connectivity index (χ1n) is 3.88. The molecule has 5 heteroatoms. The Balaban J connectivity index is 2.51. The van der Waals surface area contributed by atoms with Crippen LogP contribution in [0, 0.1) is 5.92 Å². The minimum Gasteiger partial charge on any atom is -0.481 e. The summed E-state index contributed by atoms with van der Waals surface area (Å²) in [6.07, 6.45) is 1.59. The van der Waals surface area contributed by atoms with Crippen LogP contribution < -0.4 is 5.73 Å². The highest BCUT2D eigenvalue weighted by Crippen LogP contribution is 2.15. The highest BCUT2D eigenvalue weighted by atomic mass is 32.1. The van der Waals surface area contributed by atoms with Crippen LogP contribution >= 0.6 is 12.2 Å². The zero-order valence-corrected chi connectivity index (χ0v) is 7.51. The van der Waals surface area contributed by atoms with E-state index in [1.54, 1.807) is 4.90 Å². The van der Waals surface area contributed by atoms with Crippen molar-refractivity contribution in [3.63, 3.8) is 0 Å². The SMILES string of the molecule is NC(=S)N1CCCC(C(=O)O)C1. The van der Waals surface area contributed by atoms with Gasteiger partial charge >= 0.3 is 5.97 Å². The summed E-state index contributed by atoms with van der Waals surface area (Å²) in [7, 11) is 0. The van der Waals surface area contributed by atoms with Crippen LogP contribution in [0.15, 0.2) is 0 Å². The van der Waals surface area contributed by atoms with Crippen LogP contribution in [-0.4, -0.2) is 34.2 Å². The number of carbonyl (C=O) groups is 1. The van der Waals surface area contributed by atoms with Crippen LogP contribution in [0.4, 0.5) is 0 Å². The molecule has 0 spiro atoms. The summed E-state index contributed by atoms with van der Waals surface area (Å²) in [6, 6.07) is 0. The Kier molecular flexibility index (Phi) is 2.86. The van der Waals surface area contributed by atoms with Gasteiger partial charge in [0.25, 0.3) is 0 Å². The van der Waals surface area contributed by atoms with E-state index in [1.807, 2.05) is 0 Å². The smallest absolute Gasteiger partial charge is 0.308 e. The molecular formula is C7H12N2O2S. The first-order chi connectivity index (χ1) is 5.61. The van der Waals surface area contributed by atoms with Gasteiger partial charge in [0.05, 0.1) is 5.92 Å². The lowest BCUT2D eigenvalue weighted by molar-refractivity contribution is -0.143. The number of thiocarbonyl (C=S) groups is 1. The predicted molar refractivity (Wildman–Crippen MR) is 48.7 cm³/mol. The van der Waals surface area contributed by atoms with Crippen LogP contribution in [0.1, 0.15) is 12.8 Å². The Morgan fingerprint density at radius 3 is 2.83 bits per heavy atom. The summed E-state index contributed by atoms with van der Waals surface area (Å²) < 4.78 is 0. The third kappa shape index (κ3) is 2.07. The van der Waals surface area contributed by atoms with E-state index in [2.05, 4.69) is 0 Å². The molecule has 1 unspecified atom stereocenters.